The summed E-state index contributed by atoms with van der Waals surface area (Å²) >= 11 is 4.95. The second-order valence-corrected chi connectivity index (χ2v) is 6.80. The lowest BCUT2D eigenvalue weighted by molar-refractivity contribution is -0.126. The predicted octanol–water partition coefficient (Wildman–Crippen LogP) is 2.07. The van der Waals surface area contributed by atoms with Crippen LogP contribution in [0.1, 0.15) is 52.9 Å². The molecule has 0 aromatic rings. The first-order chi connectivity index (χ1) is 9.40. The SMILES string of the molecule is CC(C)CN(CCC(N)=S)C(C)C(=O)NC1CCCC1. The van der Waals surface area contributed by atoms with Gasteiger partial charge < -0.3 is 11.1 Å². The van der Waals surface area contributed by atoms with E-state index in [1.165, 1.54) is 12.8 Å². The fraction of sp³-hybridized carbons (Fsp3) is 0.867. The Morgan fingerprint density at radius 2 is 1.95 bits per heavy atom. The minimum atomic E-state index is -0.118. The Bertz CT molecular complexity index is 327. The highest BCUT2D eigenvalue weighted by atomic mass is 32.1. The highest BCUT2D eigenvalue weighted by Crippen LogP contribution is 2.18. The first kappa shape index (κ1) is 17.4. The normalized spacial score (nSPS) is 17.6. The van der Waals surface area contributed by atoms with Crippen LogP contribution in [0.4, 0.5) is 0 Å². The van der Waals surface area contributed by atoms with E-state index in [4.69, 9.17) is 18.0 Å². The van der Waals surface area contributed by atoms with Gasteiger partial charge in [0.2, 0.25) is 5.91 Å². The zero-order valence-electron chi connectivity index (χ0n) is 13.0. The van der Waals surface area contributed by atoms with Gasteiger partial charge in [-0.05, 0) is 25.7 Å². The summed E-state index contributed by atoms with van der Waals surface area (Å²) in [6, 6.07) is 0.258. The Morgan fingerprint density at radius 3 is 2.45 bits per heavy atom. The lowest BCUT2D eigenvalue weighted by Gasteiger charge is -2.30. The van der Waals surface area contributed by atoms with Crippen molar-refractivity contribution in [3.05, 3.63) is 0 Å². The predicted molar refractivity (Wildman–Crippen MR) is 87.7 cm³/mol. The van der Waals surface area contributed by atoms with Crippen LogP contribution in [0.5, 0.6) is 0 Å². The number of hydrogen-bond donors (Lipinski definition) is 2. The van der Waals surface area contributed by atoms with Gasteiger partial charge in [0.25, 0.3) is 0 Å². The number of nitrogens with zero attached hydrogens (tertiary/aromatic N) is 1. The van der Waals surface area contributed by atoms with Crippen LogP contribution in [0.25, 0.3) is 0 Å². The Labute approximate surface area is 128 Å². The molecule has 0 spiro atoms. The van der Waals surface area contributed by atoms with Gasteiger partial charge in [-0.1, -0.05) is 38.9 Å². The smallest absolute Gasteiger partial charge is 0.237 e. The third kappa shape index (κ3) is 6.18. The average molecular weight is 299 g/mol. The summed E-state index contributed by atoms with van der Waals surface area (Å²) in [7, 11) is 0. The van der Waals surface area contributed by atoms with Crippen molar-refractivity contribution in [1.82, 2.24) is 10.2 Å². The van der Waals surface area contributed by atoms with Gasteiger partial charge in [0.05, 0.1) is 11.0 Å². The van der Waals surface area contributed by atoms with Crippen LogP contribution in [-0.4, -0.2) is 41.0 Å². The van der Waals surface area contributed by atoms with E-state index in [1.54, 1.807) is 0 Å². The van der Waals surface area contributed by atoms with Crippen molar-refractivity contribution in [1.29, 1.82) is 0 Å². The van der Waals surface area contributed by atoms with E-state index in [0.29, 0.717) is 23.4 Å². The first-order valence-electron chi connectivity index (χ1n) is 7.73. The summed E-state index contributed by atoms with van der Waals surface area (Å²) < 4.78 is 0. The van der Waals surface area contributed by atoms with E-state index >= 15 is 0 Å². The van der Waals surface area contributed by atoms with Gasteiger partial charge in [-0.25, -0.2) is 0 Å². The number of nitrogens with one attached hydrogen (secondary N) is 1. The maximum absolute atomic E-state index is 12.3. The second-order valence-electron chi connectivity index (χ2n) is 6.27. The number of amides is 1. The van der Waals surface area contributed by atoms with Crippen molar-refractivity contribution in [3.63, 3.8) is 0 Å². The van der Waals surface area contributed by atoms with Crippen molar-refractivity contribution in [2.45, 2.75) is 65.0 Å². The number of hydrogen-bond acceptors (Lipinski definition) is 3. The van der Waals surface area contributed by atoms with Crippen LogP contribution in [0.2, 0.25) is 0 Å². The molecule has 1 aliphatic rings. The number of carbonyl (C=O) groups excluding carboxylic acids is 1. The molecule has 1 amide bonds. The topological polar surface area (TPSA) is 58.4 Å². The third-order valence-electron chi connectivity index (χ3n) is 3.87. The first-order valence-corrected chi connectivity index (χ1v) is 8.13. The van der Waals surface area contributed by atoms with Gasteiger partial charge in [0, 0.05) is 25.6 Å². The minimum Gasteiger partial charge on any atom is -0.393 e. The van der Waals surface area contributed by atoms with Crippen molar-refractivity contribution in [3.8, 4) is 0 Å². The fourth-order valence-electron chi connectivity index (χ4n) is 2.72. The summed E-state index contributed by atoms with van der Waals surface area (Å²) in [5.41, 5.74) is 5.58. The lowest BCUT2D eigenvalue weighted by Crippen LogP contribution is -2.49. The molecule has 1 aliphatic carbocycles. The largest absolute Gasteiger partial charge is 0.393 e. The standard InChI is InChI=1S/C15H29N3OS/c1-11(2)10-18(9-8-14(16)20)12(3)15(19)17-13-6-4-5-7-13/h11-13H,4-10H2,1-3H3,(H2,16,20)(H,17,19). The molecular weight excluding hydrogens is 270 g/mol. The van der Waals surface area contributed by atoms with Crippen molar-refractivity contribution >= 4 is 23.1 Å². The lowest BCUT2D eigenvalue weighted by atomic mass is 10.1. The number of nitrogens with two attached hydrogens (primary N) is 1. The van der Waals surface area contributed by atoms with Crippen molar-refractivity contribution in [2.75, 3.05) is 13.1 Å². The zero-order valence-corrected chi connectivity index (χ0v) is 13.8. The quantitative estimate of drug-likeness (QED) is 0.674. The van der Waals surface area contributed by atoms with Crippen molar-refractivity contribution < 1.29 is 4.79 Å². The maximum atomic E-state index is 12.3. The van der Waals surface area contributed by atoms with E-state index in [2.05, 4.69) is 24.1 Å². The Morgan fingerprint density at radius 1 is 1.35 bits per heavy atom. The summed E-state index contributed by atoms with van der Waals surface area (Å²) in [6.45, 7) is 7.95. The molecule has 1 rings (SSSR count). The van der Waals surface area contributed by atoms with Crippen LogP contribution >= 0.6 is 12.2 Å². The Balaban J connectivity index is 2.52. The molecule has 1 atom stereocenters. The van der Waals surface area contributed by atoms with Gasteiger partial charge in [0.15, 0.2) is 0 Å². The molecule has 1 unspecified atom stereocenters. The molecule has 0 saturated heterocycles. The fourth-order valence-corrected chi connectivity index (χ4v) is 2.81. The summed E-state index contributed by atoms with van der Waals surface area (Å²) in [6.07, 6.45) is 5.38. The highest BCUT2D eigenvalue weighted by molar-refractivity contribution is 7.80. The van der Waals surface area contributed by atoms with Gasteiger partial charge in [-0.3, -0.25) is 9.69 Å². The molecule has 0 bridgehead atoms. The third-order valence-corrected chi connectivity index (χ3v) is 4.08. The monoisotopic (exact) mass is 299 g/mol. The molecule has 5 heteroatoms. The van der Waals surface area contributed by atoms with Gasteiger partial charge in [-0.2, -0.15) is 0 Å². The number of rotatable bonds is 8. The zero-order chi connectivity index (χ0) is 15.1. The summed E-state index contributed by atoms with van der Waals surface area (Å²) in [5, 5.41) is 3.18. The van der Waals surface area contributed by atoms with Crippen LogP contribution in [0.3, 0.4) is 0 Å². The Kier molecular flexibility index (Phi) is 7.45. The molecule has 0 heterocycles. The van der Waals surface area contributed by atoms with Crippen LogP contribution in [0.15, 0.2) is 0 Å². The molecule has 0 aliphatic heterocycles. The van der Waals surface area contributed by atoms with Crippen LogP contribution < -0.4 is 11.1 Å². The molecule has 116 valence electrons. The molecule has 20 heavy (non-hydrogen) atoms. The van der Waals surface area contributed by atoms with Crippen LogP contribution in [0, 0.1) is 5.92 Å². The van der Waals surface area contributed by atoms with E-state index in [0.717, 1.165) is 25.9 Å². The van der Waals surface area contributed by atoms with Crippen LogP contribution in [-0.2, 0) is 4.79 Å². The molecule has 4 nitrogen and oxygen atoms in total. The van der Waals surface area contributed by atoms with E-state index < -0.39 is 0 Å². The highest BCUT2D eigenvalue weighted by Gasteiger charge is 2.25. The molecule has 1 saturated carbocycles. The van der Waals surface area contributed by atoms with Gasteiger partial charge in [-0.15, -0.1) is 0 Å². The summed E-state index contributed by atoms with van der Waals surface area (Å²) in [4.78, 5) is 15.1. The molecule has 0 radical (unpaired) electrons. The summed E-state index contributed by atoms with van der Waals surface area (Å²) in [5.74, 6) is 0.656. The van der Waals surface area contributed by atoms with Gasteiger partial charge in [0.1, 0.15) is 0 Å². The van der Waals surface area contributed by atoms with E-state index in [-0.39, 0.29) is 11.9 Å². The maximum Gasteiger partial charge on any atom is 0.237 e. The second kappa shape index (κ2) is 8.57. The molecular formula is C15H29N3OS. The Hall–Kier alpha value is -0.680. The molecule has 0 aromatic carbocycles. The minimum absolute atomic E-state index is 0.118. The van der Waals surface area contributed by atoms with E-state index in [1.807, 2.05) is 6.92 Å². The number of thiocarbonyl (C=S) groups is 1. The molecule has 0 aromatic heterocycles. The van der Waals surface area contributed by atoms with E-state index in [9.17, 15) is 4.79 Å². The van der Waals surface area contributed by atoms with Gasteiger partial charge >= 0.3 is 0 Å². The van der Waals surface area contributed by atoms with Crippen molar-refractivity contribution in [2.24, 2.45) is 11.7 Å². The average Bonchev–Trinajstić information content (AvgIpc) is 2.85. The molecule has 3 N–H and O–H groups in total. The molecule has 1 fully saturated rings. The number of carbonyl (C=O) groups is 1.